The maximum absolute atomic E-state index is 13.6. The predicted octanol–water partition coefficient (Wildman–Crippen LogP) is 7.87. The van der Waals surface area contributed by atoms with Crippen LogP contribution < -0.4 is 19.7 Å². The third kappa shape index (κ3) is 5.40. The smallest absolute Gasteiger partial charge is 0.416 e. The summed E-state index contributed by atoms with van der Waals surface area (Å²) in [6.45, 7) is 0. The van der Waals surface area contributed by atoms with Gasteiger partial charge in [-0.15, -0.1) is 0 Å². The lowest BCUT2D eigenvalue weighted by molar-refractivity contribution is -0.137. The number of methoxy groups -OCH3 is 1. The molecule has 1 fully saturated rings. The number of benzene rings is 3. The first-order valence-electron chi connectivity index (χ1n) is 13.1. The van der Waals surface area contributed by atoms with Crippen LogP contribution in [0.25, 0.3) is 5.69 Å². The van der Waals surface area contributed by atoms with Gasteiger partial charge in [-0.25, -0.2) is 0 Å². The number of nitrogens with one attached hydrogen (secondary N) is 1. The van der Waals surface area contributed by atoms with E-state index < -0.39 is 17.8 Å². The van der Waals surface area contributed by atoms with Crippen molar-refractivity contribution < 1.29 is 22.6 Å². The van der Waals surface area contributed by atoms with Crippen LogP contribution in [0.4, 0.5) is 18.9 Å². The number of thiocarbonyl (C=S) groups is 1. The van der Waals surface area contributed by atoms with E-state index in [0.717, 1.165) is 35.0 Å². The third-order valence-corrected chi connectivity index (χ3v) is 7.36. The highest BCUT2D eigenvalue weighted by Crippen LogP contribution is 2.43. The van der Waals surface area contributed by atoms with Crippen LogP contribution in [-0.2, 0) is 6.18 Å². The molecule has 3 aromatic carbocycles. The Balaban J connectivity index is 1.38. The Hall–Kier alpha value is -4.83. The summed E-state index contributed by atoms with van der Waals surface area (Å²) in [4.78, 5) is 6.53. The van der Waals surface area contributed by atoms with Gasteiger partial charge in [-0.05, 0) is 103 Å². The fourth-order valence-electron chi connectivity index (χ4n) is 5.09. The van der Waals surface area contributed by atoms with E-state index in [2.05, 4.69) is 10.3 Å². The van der Waals surface area contributed by atoms with Gasteiger partial charge in [0.15, 0.2) is 5.11 Å². The molecule has 212 valence electrons. The van der Waals surface area contributed by atoms with E-state index >= 15 is 0 Å². The highest BCUT2D eigenvalue weighted by molar-refractivity contribution is 7.80. The fourth-order valence-corrected chi connectivity index (χ4v) is 5.44. The molecule has 0 aliphatic carbocycles. The van der Waals surface area contributed by atoms with Crippen molar-refractivity contribution in [2.24, 2.45) is 0 Å². The van der Waals surface area contributed by atoms with Crippen LogP contribution in [0.15, 0.2) is 116 Å². The van der Waals surface area contributed by atoms with Crippen molar-refractivity contribution in [2.45, 2.75) is 18.3 Å². The number of anilines is 1. The van der Waals surface area contributed by atoms with Crippen molar-refractivity contribution in [3.63, 3.8) is 0 Å². The van der Waals surface area contributed by atoms with Crippen LogP contribution in [0.2, 0.25) is 0 Å². The minimum absolute atomic E-state index is 0.367. The first-order chi connectivity index (χ1) is 20.3. The number of aromatic nitrogens is 2. The first-order valence-corrected chi connectivity index (χ1v) is 13.5. The quantitative estimate of drug-likeness (QED) is 0.196. The standard InChI is InChI=1S/C32H25F3N4O2S/c1-40-24-14-16-26(17-15-24)41-25-12-10-22(11-13-25)39-30(29(37-31(39)42)27-8-2-3-18-36-27)28-9-5-19-38(28)23-7-4-6-21(20-23)32(33,34)35/h2-20,29-30H,1H3,(H,37,42)/t29-,30+/m0/s1. The summed E-state index contributed by atoms with van der Waals surface area (Å²) < 4.78 is 53.7. The highest BCUT2D eigenvalue weighted by Gasteiger charge is 2.42. The normalized spacial score (nSPS) is 16.8. The first kappa shape index (κ1) is 27.3. The maximum Gasteiger partial charge on any atom is 0.416 e. The lowest BCUT2D eigenvalue weighted by atomic mass is 10.0. The Labute approximate surface area is 246 Å². The number of hydrogen-bond acceptors (Lipinski definition) is 4. The molecule has 0 radical (unpaired) electrons. The second kappa shape index (κ2) is 11.2. The van der Waals surface area contributed by atoms with Crippen LogP contribution >= 0.6 is 12.2 Å². The van der Waals surface area contributed by atoms with Gasteiger partial charge in [0, 0.05) is 29.5 Å². The molecule has 2 atom stereocenters. The van der Waals surface area contributed by atoms with Crippen molar-refractivity contribution in [3.8, 4) is 22.9 Å². The van der Waals surface area contributed by atoms with Gasteiger partial charge in [0.25, 0.3) is 0 Å². The van der Waals surface area contributed by atoms with Crippen molar-refractivity contribution in [1.29, 1.82) is 0 Å². The zero-order valence-electron chi connectivity index (χ0n) is 22.3. The molecular formula is C32H25F3N4O2S. The minimum atomic E-state index is -4.46. The van der Waals surface area contributed by atoms with Crippen LogP contribution in [0.1, 0.15) is 29.0 Å². The average molecular weight is 587 g/mol. The summed E-state index contributed by atoms with van der Waals surface area (Å²) in [6, 6.07) is 28.6. The molecule has 0 saturated carbocycles. The lowest BCUT2D eigenvalue weighted by Gasteiger charge is -2.29. The highest BCUT2D eigenvalue weighted by atomic mass is 32.1. The number of rotatable bonds is 7. The number of pyridine rings is 1. The predicted molar refractivity (Wildman–Crippen MR) is 158 cm³/mol. The molecule has 1 aliphatic rings. The molecular weight excluding hydrogens is 561 g/mol. The Bertz CT molecular complexity index is 1690. The van der Waals surface area contributed by atoms with Crippen molar-refractivity contribution in [2.75, 3.05) is 12.0 Å². The molecule has 0 unspecified atom stereocenters. The van der Waals surface area contributed by atoms with Crippen LogP contribution in [0.3, 0.4) is 0 Å². The summed E-state index contributed by atoms with van der Waals surface area (Å²) in [6.07, 6.45) is -0.999. The number of halogens is 3. The van der Waals surface area contributed by atoms with E-state index in [0.29, 0.717) is 22.3 Å². The molecule has 6 rings (SSSR count). The number of alkyl halides is 3. The summed E-state index contributed by atoms with van der Waals surface area (Å²) in [7, 11) is 1.61. The van der Waals surface area contributed by atoms with Gasteiger partial charge in [0.2, 0.25) is 0 Å². The number of hydrogen-bond donors (Lipinski definition) is 1. The van der Waals surface area contributed by atoms with Gasteiger partial charge in [-0.3, -0.25) is 4.98 Å². The summed E-state index contributed by atoms with van der Waals surface area (Å²) in [5.74, 6) is 2.03. The van der Waals surface area contributed by atoms with Gasteiger partial charge in [-0.2, -0.15) is 13.2 Å². The van der Waals surface area contributed by atoms with E-state index in [1.165, 1.54) is 6.07 Å². The molecule has 1 N–H and O–H groups in total. The zero-order valence-corrected chi connectivity index (χ0v) is 23.1. The summed E-state index contributed by atoms with van der Waals surface area (Å²) in [5.41, 5.74) is 1.96. The topological polar surface area (TPSA) is 51.6 Å². The number of ether oxygens (including phenoxy) is 2. The maximum atomic E-state index is 13.6. The molecule has 5 aromatic rings. The number of nitrogens with zero attached hydrogens (tertiary/aromatic N) is 3. The molecule has 0 amide bonds. The monoisotopic (exact) mass is 586 g/mol. The Kier molecular flexibility index (Phi) is 7.30. The van der Waals surface area contributed by atoms with E-state index in [9.17, 15) is 13.2 Å². The Morgan fingerprint density at radius 1 is 0.810 bits per heavy atom. The van der Waals surface area contributed by atoms with Gasteiger partial charge in [0.1, 0.15) is 23.3 Å². The van der Waals surface area contributed by atoms with Crippen molar-refractivity contribution in [3.05, 3.63) is 132 Å². The lowest BCUT2D eigenvalue weighted by Crippen LogP contribution is -2.30. The van der Waals surface area contributed by atoms with Crippen LogP contribution in [0, 0.1) is 0 Å². The van der Waals surface area contributed by atoms with Crippen LogP contribution in [0.5, 0.6) is 17.2 Å². The molecule has 1 aliphatic heterocycles. The molecule has 3 heterocycles. The SMILES string of the molecule is COc1ccc(Oc2ccc(N3C(=S)N[C@@H](c4ccccn4)[C@H]3c3cccn3-c3cccc(C(F)(F)F)c3)cc2)cc1. The van der Waals surface area contributed by atoms with Gasteiger partial charge in [-0.1, -0.05) is 12.1 Å². The molecule has 42 heavy (non-hydrogen) atoms. The van der Waals surface area contributed by atoms with Crippen LogP contribution in [-0.4, -0.2) is 21.8 Å². The Morgan fingerprint density at radius 3 is 2.19 bits per heavy atom. The van der Waals surface area contributed by atoms with E-state index in [-0.39, 0.29) is 6.04 Å². The van der Waals surface area contributed by atoms with E-state index in [4.69, 9.17) is 21.7 Å². The second-order valence-corrected chi connectivity index (χ2v) is 10.0. The summed E-state index contributed by atoms with van der Waals surface area (Å²) >= 11 is 5.83. The summed E-state index contributed by atoms with van der Waals surface area (Å²) in [5, 5.41) is 3.86. The molecule has 10 heteroatoms. The average Bonchev–Trinajstić information content (AvgIpc) is 3.62. The van der Waals surface area contributed by atoms with Gasteiger partial charge < -0.3 is 24.3 Å². The van der Waals surface area contributed by atoms with Gasteiger partial charge in [0.05, 0.1) is 24.4 Å². The molecule has 0 spiro atoms. The largest absolute Gasteiger partial charge is 0.497 e. The zero-order chi connectivity index (χ0) is 29.3. The van der Waals surface area contributed by atoms with E-state index in [1.54, 1.807) is 30.1 Å². The van der Waals surface area contributed by atoms with Gasteiger partial charge >= 0.3 is 6.18 Å². The second-order valence-electron chi connectivity index (χ2n) is 9.62. The van der Waals surface area contributed by atoms with Crippen molar-refractivity contribution in [1.82, 2.24) is 14.9 Å². The minimum Gasteiger partial charge on any atom is -0.497 e. The Morgan fingerprint density at radius 2 is 1.52 bits per heavy atom. The fraction of sp³-hybridized carbons (Fsp3) is 0.125. The van der Waals surface area contributed by atoms with Crippen molar-refractivity contribution >= 4 is 23.0 Å². The molecule has 1 saturated heterocycles. The molecule has 6 nitrogen and oxygen atoms in total. The molecule has 0 bridgehead atoms. The van der Waals surface area contributed by atoms with E-state index in [1.807, 2.05) is 83.8 Å². The third-order valence-electron chi connectivity index (χ3n) is 7.04. The molecule has 2 aromatic heterocycles.